The fraction of sp³-hybridized carbons (Fsp3) is 0.529. The van der Waals surface area contributed by atoms with Crippen molar-refractivity contribution in [3.8, 4) is 0 Å². The Morgan fingerprint density at radius 2 is 1.76 bits per heavy atom. The molecule has 1 aromatic carbocycles. The smallest absolute Gasteiger partial charge is 0.0459 e. The van der Waals surface area contributed by atoms with E-state index < -0.39 is 0 Å². The Morgan fingerprint density at radius 3 is 2.38 bits per heavy atom. The van der Waals surface area contributed by atoms with Gasteiger partial charge in [-0.25, -0.2) is 0 Å². The van der Waals surface area contributed by atoms with E-state index in [1.165, 1.54) is 28.6 Å². The molecule has 1 nitrogen and oxygen atoms in total. The number of hydrogen-bond acceptors (Lipinski definition) is 0. The second-order valence-electron chi connectivity index (χ2n) is 6.71. The van der Waals surface area contributed by atoms with Crippen molar-refractivity contribution in [1.82, 2.24) is 4.98 Å². The molecule has 3 unspecified atom stereocenters. The SMILES string of the molecule is CC(C)Cc1c([C@@H](C)CCC(P)(P)P)[nH]c2ccccc12. The fourth-order valence-corrected chi connectivity index (χ4v) is 3.38. The van der Waals surface area contributed by atoms with E-state index in [4.69, 9.17) is 0 Å². The van der Waals surface area contributed by atoms with Gasteiger partial charge < -0.3 is 4.98 Å². The van der Waals surface area contributed by atoms with Crippen molar-refractivity contribution < 1.29 is 0 Å². The third kappa shape index (κ3) is 4.76. The summed E-state index contributed by atoms with van der Waals surface area (Å²) in [5.41, 5.74) is 4.24. The summed E-state index contributed by atoms with van der Waals surface area (Å²) in [5, 5.41) is 1.40. The molecule has 0 bridgehead atoms. The highest BCUT2D eigenvalue weighted by molar-refractivity contribution is 7.57. The second-order valence-corrected chi connectivity index (χ2v) is 11.9. The molecule has 4 atom stereocenters. The lowest BCUT2D eigenvalue weighted by Crippen LogP contribution is -2.06. The Labute approximate surface area is 136 Å². The van der Waals surface area contributed by atoms with Gasteiger partial charge in [0, 0.05) is 21.2 Å². The van der Waals surface area contributed by atoms with Crippen molar-refractivity contribution in [2.24, 2.45) is 5.92 Å². The highest BCUT2D eigenvalue weighted by Gasteiger charge is 2.20. The summed E-state index contributed by atoms with van der Waals surface area (Å²) in [5.74, 6) is 1.24. The minimum absolute atomic E-state index is 0.165. The molecule has 21 heavy (non-hydrogen) atoms. The Bertz CT molecular complexity index is 596. The summed E-state index contributed by atoms with van der Waals surface area (Å²) < 4.78 is 0.165. The molecule has 0 saturated carbocycles. The number of nitrogens with one attached hydrogen (secondary N) is 1. The third-order valence-corrected chi connectivity index (χ3v) is 4.83. The van der Waals surface area contributed by atoms with Crippen LogP contribution in [0.3, 0.4) is 0 Å². The van der Waals surface area contributed by atoms with Crippen LogP contribution in [-0.4, -0.2) is 9.62 Å². The summed E-state index contributed by atoms with van der Waals surface area (Å²) in [6.45, 7) is 6.95. The summed E-state index contributed by atoms with van der Waals surface area (Å²) in [7, 11) is 8.68. The number of aromatic nitrogens is 1. The lowest BCUT2D eigenvalue weighted by atomic mass is 9.93. The lowest BCUT2D eigenvalue weighted by molar-refractivity contribution is 0.608. The van der Waals surface area contributed by atoms with E-state index >= 15 is 0 Å². The van der Waals surface area contributed by atoms with Crippen LogP contribution in [0, 0.1) is 5.92 Å². The summed E-state index contributed by atoms with van der Waals surface area (Å²) >= 11 is 0. The number of benzene rings is 1. The standard InChI is InChI=1S/C17H28NP3/c1-11(2)10-14-13-6-4-5-7-15(13)18-16(14)12(3)8-9-17(19,20)21/h4-7,11-12,18H,8-10,19-21H2,1-3H3/t12-/m0/s1. The van der Waals surface area contributed by atoms with Gasteiger partial charge in [-0.1, -0.05) is 39.0 Å². The van der Waals surface area contributed by atoms with E-state index in [9.17, 15) is 0 Å². The molecule has 2 aromatic rings. The Kier molecular flexibility index (Phi) is 5.87. The van der Waals surface area contributed by atoms with Crippen LogP contribution in [-0.2, 0) is 6.42 Å². The molecule has 116 valence electrons. The highest BCUT2D eigenvalue weighted by Crippen LogP contribution is 2.41. The zero-order chi connectivity index (χ0) is 15.6. The molecule has 1 heterocycles. The van der Waals surface area contributed by atoms with Crippen molar-refractivity contribution in [1.29, 1.82) is 0 Å². The van der Waals surface area contributed by atoms with Gasteiger partial charge in [0.2, 0.25) is 0 Å². The minimum Gasteiger partial charge on any atom is -0.358 e. The molecule has 0 radical (unpaired) electrons. The zero-order valence-electron chi connectivity index (χ0n) is 13.3. The van der Waals surface area contributed by atoms with Crippen LogP contribution < -0.4 is 0 Å². The molecular weight excluding hydrogens is 311 g/mol. The first kappa shape index (κ1) is 17.4. The molecule has 0 amide bonds. The van der Waals surface area contributed by atoms with E-state index in [1.807, 2.05) is 0 Å². The second kappa shape index (κ2) is 7.08. The van der Waals surface area contributed by atoms with E-state index in [0.29, 0.717) is 11.8 Å². The molecule has 4 heteroatoms. The van der Waals surface area contributed by atoms with Gasteiger partial charge in [-0.05, 0) is 42.7 Å². The first-order valence-electron chi connectivity index (χ1n) is 7.74. The molecular formula is C17H28NP3. The van der Waals surface area contributed by atoms with Crippen molar-refractivity contribution in [2.75, 3.05) is 0 Å². The lowest BCUT2D eigenvalue weighted by Gasteiger charge is -2.21. The molecule has 0 saturated heterocycles. The number of H-pyrrole nitrogens is 1. The predicted molar refractivity (Wildman–Crippen MR) is 106 cm³/mol. The molecule has 0 aliphatic rings. The van der Waals surface area contributed by atoms with Gasteiger partial charge in [0.1, 0.15) is 0 Å². The molecule has 0 aliphatic carbocycles. The molecule has 2 rings (SSSR count). The highest BCUT2D eigenvalue weighted by atomic mass is 31.1. The Balaban J connectivity index is 2.33. The largest absolute Gasteiger partial charge is 0.358 e. The topological polar surface area (TPSA) is 15.8 Å². The molecule has 1 N–H and O–H groups in total. The Morgan fingerprint density at radius 1 is 1.10 bits per heavy atom. The van der Waals surface area contributed by atoms with Crippen LogP contribution in [0.1, 0.15) is 50.8 Å². The van der Waals surface area contributed by atoms with Crippen molar-refractivity contribution in [2.45, 2.75) is 50.6 Å². The van der Waals surface area contributed by atoms with Crippen molar-refractivity contribution in [3.05, 3.63) is 35.5 Å². The average Bonchev–Trinajstić information content (AvgIpc) is 2.74. The van der Waals surface area contributed by atoms with Crippen molar-refractivity contribution >= 4 is 38.6 Å². The van der Waals surface area contributed by atoms with Crippen LogP contribution in [0.25, 0.3) is 10.9 Å². The normalized spacial score (nSPS) is 14.0. The fourth-order valence-electron chi connectivity index (χ4n) is 2.88. The zero-order valence-corrected chi connectivity index (χ0v) is 16.8. The predicted octanol–water partition coefficient (Wildman–Crippen LogP) is 5.53. The summed E-state index contributed by atoms with van der Waals surface area (Å²) in [4.78, 5) is 3.69. The summed E-state index contributed by atoms with van der Waals surface area (Å²) in [6, 6.07) is 8.71. The van der Waals surface area contributed by atoms with Gasteiger partial charge in [-0.15, -0.1) is 27.7 Å². The number of aromatic amines is 1. The van der Waals surface area contributed by atoms with E-state index in [1.54, 1.807) is 0 Å². The first-order valence-corrected chi connectivity index (χ1v) is 9.47. The third-order valence-electron chi connectivity index (χ3n) is 3.96. The van der Waals surface area contributed by atoms with E-state index in [0.717, 1.165) is 12.8 Å². The maximum Gasteiger partial charge on any atom is 0.0459 e. The van der Waals surface area contributed by atoms with Gasteiger partial charge >= 0.3 is 0 Å². The van der Waals surface area contributed by atoms with Gasteiger partial charge in [-0.3, -0.25) is 0 Å². The van der Waals surface area contributed by atoms with Gasteiger partial charge in [-0.2, -0.15) is 0 Å². The molecule has 0 spiro atoms. The van der Waals surface area contributed by atoms with Crippen LogP contribution in [0.2, 0.25) is 0 Å². The Hall–Kier alpha value is 0.0500. The van der Waals surface area contributed by atoms with Gasteiger partial charge in [0.25, 0.3) is 0 Å². The van der Waals surface area contributed by atoms with Crippen LogP contribution in [0.15, 0.2) is 24.3 Å². The molecule has 0 fully saturated rings. The van der Waals surface area contributed by atoms with E-state index in [2.05, 4.69) is 77.7 Å². The quantitative estimate of drug-likeness (QED) is 0.666. The van der Waals surface area contributed by atoms with E-state index in [-0.39, 0.29) is 4.64 Å². The van der Waals surface area contributed by atoms with Crippen LogP contribution >= 0.6 is 27.7 Å². The monoisotopic (exact) mass is 339 g/mol. The summed E-state index contributed by atoms with van der Waals surface area (Å²) in [6.07, 6.45) is 3.50. The molecule has 1 aromatic heterocycles. The van der Waals surface area contributed by atoms with Gasteiger partial charge in [0.15, 0.2) is 0 Å². The average molecular weight is 339 g/mol. The van der Waals surface area contributed by atoms with Crippen LogP contribution in [0.5, 0.6) is 0 Å². The number of para-hydroxylation sites is 1. The van der Waals surface area contributed by atoms with Gasteiger partial charge in [0.05, 0.1) is 0 Å². The number of rotatable bonds is 6. The maximum atomic E-state index is 3.69. The minimum atomic E-state index is 0.165. The first-order chi connectivity index (χ1) is 9.78. The maximum absolute atomic E-state index is 3.69. The number of hydrogen-bond donors (Lipinski definition) is 1. The van der Waals surface area contributed by atoms with Crippen LogP contribution in [0.4, 0.5) is 0 Å². The molecule has 0 aliphatic heterocycles. The van der Waals surface area contributed by atoms with Crippen molar-refractivity contribution in [3.63, 3.8) is 0 Å². The number of fused-ring (bicyclic) bond motifs is 1.